The third-order valence-corrected chi connectivity index (χ3v) is 8.48. The second kappa shape index (κ2) is 8.66. The Bertz CT molecular complexity index is 1490. The molecule has 3 aliphatic carbocycles. The Balaban J connectivity index is 1.52. The predicted molar refractivity (Wildman–Crippen MR) is 138 cm³/mol. The van der Waals surface area contributed by atoms with E-state index in [4.69, 9.17) is 4.74 Å². The number of hydrogen-bond donors (Lipinski definition) is 1. The molecule has 4 unspecified atom stereocenters. The minimum atomic E-state index is -0.744. The molecule has 6 rings (SSSR count). The number of Topliss-reactive ketones (excluding diaryl/α,β-unsaturated/α-hetero) is 1. The van der Waals surface area contributed by atoms with E-state index in [0.717, 1.165) is 5.57 Å². The molecule has 0 aromatic heterocycles. The zero-order valence-corrected chi connectivity index (χ0v) is 21.4. The molecule has 2 aromatic rings. The summed E-state index contributed by atoms with van der Waals surface area (Å²) in [6.07, 6.45) is 3.68. The lowest BCUT2D eigenvalue weighted by Crippen LogP contribution is -2.39. The van der Waals surface area contributed by atoms with E-state index in [0.29, 0.717) is 34.6 Å². The van der Waals surface area contributed by atoms with Gasteiger partial charge in [0.05, 0.1) is 29.1 Å². The number of rotatable bonds is 3. The summed E-state index contributed by atoms with van der Waals surface area (Å²) in [5.41, 5.74) is 2.32. The van der Waals surface area contributed by atoms with Crippen LogP contribution in [-0.2, 0) is 19.2 Å². The van der Waals surface area contributed by atoms with Gasteiger partial charge in [0, 0.05) is 28.7 Å². The highest BCUT2D eigenvalue weighted by Crippen LogP contribution is 2.56. The van der Waals surface area contributed by atoms with Crippen molar-refractivity contribution < 1.29 is 29.0 Å². The van der Waals surface area contributed by atoms with Gasteiger partial charge in [-0.3, -0.25) is 24.1 Å². The SMILES string of the molecule is COc1ccc(O)c(C2C3=CCC4C(=O)N(c5ccccc5)C(=O)C4C3CC3=C2C(=O)C=C(Br)C3=O)c1. The van der Waals surface area contributed by atoms with E-state index < -0.39 is 23.7 Å². The third-order valence-electron chi connectivity index (χ3n) is 7.89. The summed E-state index contributed by atoms with van der Waals surface area (Å²) in [5, 5.41) is 10.9. The summed E-state index contributed by atoms with van der Waals surface area (Å²) in [4.78, 5) is 55.1. The van der Waals surface area contributed by atoms with Crippen molar-refractivity contribution in [1.29, 1.82) is 0 Å². The largest absolute Gasteiger partial charge is 0.508 e. The average molecular weight is 560 g/mol. The summed E-state index contributed by atoms with van der Waals surface area (Å²) in [5.74, 6) is -3.23. The fourth-order valence-corrected chi connectivity index (χ4v) is 6.73. The van der Waals surface area contributed by atoms with Crippen LogP contribution in [0, 0.1) is 17.8 Å². The van der Waals surface area contributed by atoms with Crippen LogP contribution in [0.5, 0.6) is 11.5 Å². The monoisotopic (exact) mass is 559 g/mol. The molecule has 0 radical (unpaired) electrons. The number of para-hydroxylation sites is 1. The molecule has 4 atom stereocenters. The number of phenols is 1. The maximum atomic E-state index is 13.8. The Labute approximate surface area is 221 Å². The minimum Gasteiger partial charge on any atom is -0.508 e. The number of benzene rings is 2. The number of ketones is 2. The van der Waals surface area contributed by atoms with Crippen LogP contribution in [0.2, 0.25) is 0 Å². The summed E-state index contributed by atoms with van der Waals surface area (Å²) in [6, 6.07) is 13.6. The molecule has 0 bridgehead atoms. The van der Waals surface area contributed by atoms with Crippen LogP contribution in [0.3, 0.4) is 0 Å². The van der Waals surface area contributed by atoms with Crippen molar-refractivity contribution in [3.05, 3.63) is 87.4 Å². The Kier molecular flexibility index (Phi) is 5.53. The number of allylic oxidation sites excluding steroid dienone is 6. The van der Waals surface area contributed by atoms with Crippen LogP contribution in [-0.4, -0.2) is 35.6 Å². The lowest BCUT2D eigenvalue weighted by atomic mass is 9.59. The highest BCUT2D eigenvalue weighted by Gasteiger charge is 2.56. The first-order chi connectivity index (χ1) is 17.8. The molecule has 0 saturated carbocycles. The summed E-state index contributed by atoms with van der Waals surface area (Å²) >= 11 is 3.22. The number of halogens is 1. The molecule has 1 aliphatic heterocycles. The number of amides is 2. The number of methoxy groups -OCH3 is 1. The van der Waals surface area contributed by atoms with Gasteiger partial charge in [0.15, 0.2) is 11.6 Å². The molecule has 1 heterocycles. The maximum Gasteiger partial charge on any atom is 0.238 e. The van der Waals surface area contributed by atoms with Gasteiger partial charge in [0.1, 0.15) is 11.5 Å². The van der Waals surface area contributed by atoms with E-state index in [9.17, 15) is 24.3 Å². The van der Waals surface area contributed by atoms with Crippen LogP contribution in [0.4, 0.5) is 5.69 Å². The van der Waals surface area contributed by atoms with E-state index in [1.165, 1.54) is 24.2 Å². The molecular weight excluding hydrogens is 538 g/mol. The molecule has 1 fully saturated rings. The molecule has 1 saturated heterocycles. The van der Waals surface area contributed by atoms with Crippen LogP contribution < -0.4 is 9.64 Å². The summed E-state index contributed by atoms with van der Waals surface area (Å²) in [7, 11) is 1.51. The molecular formula is C29H22BrNO6. The van der Waals surface area contributed by atoms with Gasteiger partial charge in [-0.15, -0.1) is 0 Å². The van der Waals surface area contributed by atoms with Gasteiger partial charge in [-0.25, -0.2) is 0 Å². The zero-order chi connectivity index (χ0) is 26.0. The Hall–Kier alpha value is -3.78. The van der Waals surface area contributed by atoms with Crippen molar-refractivity contribution in [2.24, 2.45) is 17.8 Å². The Morgan fingerprint density at radius 2 is 1.76 bits per heavy atom. The number of carbonyl (C=O) groups excluding carboxylic acids is 4. The zero-order valence-electron chi connectivity index (χ0n) is 19.8. The number of phenolic OH excluding ortho intramolecular Hbond substituents is 1. The first-order valence-electron chi connectivity index (χ1n) is 12.0. The Morgan fingerprint density at radius 3 is 2.49 bits per heavy atom. The molecule has 0 spiro atoms. The van der Waals surface area contributed by atoms with Crippen molar-refractivity contribution in [2.45, 2.75) is 18.8 Å². The van der Waals surface area contributed by atoms with Gasteiger partial charge in [-0.2, -0.15) is 0 Å². The van der Waals surface area contributed by atoms with Gasteiger partial charge >= 0.3 is 0 Å². The predicted octanol–water partition coefficient (Wildman–Crippen LogP) is 4.37. The number of imide groups is 1. The lowest BCUT2D eigenvalue weighted by molar-refractivity contribution is -0.123. The normalized spacial score (nSPS) is 26.9. The van der Waals surface area contributed by atoms with E-state index in [-0.39, 0.29) is 40.0 Å². The fourth-order valence-electron chi connectivity index (χ4n) is 6.28. The summed E-state index contributed by atoms with van der Waals surface area (Å²) in [6.45, 7) is 0. The molecule has 2 amide bonds. The number of hydrogen-bond acceptors (Lipinski definition) is 6. The van der Waals surface area contributed by atoms with Gasteiger partial charge in [-0.05, 0) is 65.0 Å². The standard InChI is InChI=1S/C29H22BrNO6/c1-37-15-7-10-22(32)19(11-15)24-16-8-9-17-25(29(36)31(28(17)35)14-5-3-2-4-6-14)18(16)12-20-26(24)23(33)13-21(30)27(20)34/h2-8,10-11,13,17-18,24-25,32H,9,12H2,1H3. The molecule has 4 aliphatic rings. The van der Waals surface area contributed by atoms with E-state index in [1.54, 1.807) is 36.4 Å². The van der Waals surface area contributed by atoms with Crippen LogP contribution >= 0.6 is 15.9 Å². The fraction of sp³-hybridized carbons (Fsp3) is 0.241. The lowest BCUT2D eigenvalue weighted by Gasteiger charge is -2.42. The van der Waals surface area contributed by atoms with Gasteiger partial charge in [0.2, 0.25) is 11.8 Å². The van der Waals surface area contributed by atoms with Crippen molar-refractivity contribution >= 4 is 45.0 Å². The second-order valence-corrected chi connectivity index (χ2v) is 10.5. The molecule has 37 heavy (non-hydrogen) atoms. The number of ether oxygens (including phenoxy) is 1. The Morgan fingerprint density at radius 1 is 1.00 bits per heavy atom. The third kappa shape index (κ3) is 3.46. The molecule has 7 nitrogen and oxygen atoms in total. The summed E-state index contributed by atoms with van der Waals surface area (Å²) < 4.78 is 5.53. The number of anilines is 1. The highest BCUT2D eigenvalue weighted by molar-refractivity contribution is 9.12. The second-order valence-electron chi connectivity index (χ2n) is 9.67. The van der Waals surface area contributed by atoms with Crippen LogP contribution in [0.15, 0.2) is 81.9 Å². The van der Waals surface area contributed by atoms with E-state index >= 15 is 0 Å². The molecule has 2 aromatic carbocycles. The van der Waals surface area contributed by atoms with Crippen molar-refractivity contribution in [3.63, 3.8) is 0 Å². The first kappa shape index (κ1) is 23.6. The van der Waals surface area contributed by atoms with Crippen molar-refractivity contribution in [1.82, 2.24) is 0 Å². The first-order valence-corrected chi connectivity index (χ1v) is 12.8. The topological polar surface area (TPSA) is 101 Å². The van der Waals surface area contributed by atoms with Gasteiger partial charge < -0.3 is 9.84 Å². The number of aromatic hydroxyl groups is 1. The smallest absolute Gasteiger partial charge is 0.238 e. The average Bonchev–Trinajstić information content (AvgIpc) is 3.16. The van der Waals surface area contributed by atoms with Gasteiger partial charge in [0.25, 0.3) is 0 Å². The van der Waals surface area contributed by atoms with E-state index in [2.05, 4.69) is 15.9 Å². The number of fused-ring (bicyclic) bond motifs is 3. The minimum absolute atomic E-state index is 0.0464. The van der Waals surface area contributed by atoms with Crippen LogP contribution in [0.25, 0.3) is 0 Å². The maximum absolute atomic E-state index is 13.8. The van der Waals surface area contributed by atoms with Crippen molar-refractivity contribution in [3.8, 4) is 11.5 Å². The molecule has 8 heteroatoms. The highest BCUT2D eigenvalue weighted by atomic mass is 79.9. The molecule has 1 N–H and O–H groups in total. The number of carbonyl (C=O) groups is 4. The number of nitrogens with zero attached hydrogens (tertiary/aromatic N) is 1. The van der Waals surface area contributed by atoms with Gasteiger partial charge in [-0.1, -0.05) is 29.8 Å². The van der Waals surface area contributed by atoms with Crippen LogP contribution in [0.1, 0.15) is 24.3 Å². The quantitative estimate of drug-likeness (QED) is 0.340. The molecule has 186 valence electrons. The van der Waals surface area contributed by atoms with E-state index in [1.807, 2.05) is 12.1 Å². The van der Waals surface area contributed by atoms with Crippen molar-refractivity contribution in [2.75, 3.05) is 12.0 Å².